The number of para-hydroxylation sites is 1. The number of thioether (sulfide) groups is 1. The summed E-state index contributed by atoms with van der Waals surface area (Å²) >= 11 is 8.73. The summed E-state index contributed by atoms with van der Waals surface area (Å²) < 4.78 is 1.01. The molecule has 0 aliphatic carbocycles. The number of halogens is 1. The number of hydrogen-bond acceptors (Lipinski definition) is 10. The van der Waals surface area contributed by atoms with Gasteiger partial charge in [-0.15, -0.1) is 27.1 Å². The first-order valence-corrected chi connectivity index (χ1v) is 14.2. The average Bonchev–Trinajstić information content (AvgIpc) is 3.55. The molecule has 0 radical (unpaired) electrons. The van der Waals surface area contributed by atoms with E-state index in [4.69, 9.17) is 11.6 Å². The fraction of sp³-hybridized carbons (Fsp3) is 0.0714. The lowest BCUT2D eigenvalue weighted by Gasteiger charge is -2.26. The molecule has 1 amide bonds. The number of phenols is 2. The molecule has 1 aliphatic rings. The van der Waals surface area contributed by atoms with Crippen LogP contribution >= 0.6 is 34.7 Å². The molecule has 1 atom stereocenters. The summed E-state index contributed by atoms with van der Waals surface area (Å²) in [6.07, 6.45) is 0. The Hall–Kier alpha value is -4.32. The number of aromatic hydroxyl groups is 2. The summed E-state index contributed by atoms with van der Waals surface area (Å²) in [7, 11) is 0. The van der Waals surface area contributed by atoms with E-state index in [1.165, 1.54) is 46.2 Å². The van der Waals surface area contributed by atoms with E-state index in [-0.39, 0.29) is 23.2 Å². The molecule has 1 fully saturated rings. The molecule has 40 heavy (non-hydrogen) atoms. The molecule has 1 saturated heterocycles. The number of hydrogen-bond donors (Lipinski definition) is 2. The summed E-state index contributed by atoms with van der Waals surface area (Å²) in [6, 6.07) is 24.0. The highest BCUT2D eigenvalue weighted by Crippen LogP contribution is 2.49. The van der Waals surface area contributed by atoms with E-state index in [2.05, 4.69) is 25.4 Å². The van der Waals surface area contributed by atoms with Crippen LogP contribution in [0.1, 0.15) is 10.9 Å². The monoisotopic (exact) mass is 586 g/mol. The van der Waals surface area contributed by atoms with Crippen molar-refractivity contribution in [3.05, 3.63) is 95.5 Å². The van der Waals surface area contributed by atoms with Crippen molar-refractivity contribution in [3.63, 3.8) is 0 Å². The number of benzene rings is 4. The molecular formula is C28H19ClN6O3S2. The predicted octanol–water partition coefficient (Wildman–Crippen LogP) is 8.97. The van der Waals surface area contributed by atoms with Crippen molar-refractivity contribution in [2.24, 2.45) is 20.5 Å². The number of anilines is 1. The zero-order valence-corrected chi connectivity index (χ0v) is 22.9. The molecule has 0 bridgehead atoms. The molecule has 0 spiro atoms. The third kappa shape index (κ3) is 5.39. The van der Waals surface area contributed by atoms with E-state index in [1.807, 2.05) is 24.3 Å². The number of amides is 1. The maximum atomic E-state index is 13.1. The first-order valence-electron chi connectivity index (χ1n) is 12.0. The van der Waals surface area contributed by atoms with Gasteiger partial charge in [0.25, 0.3) is 0 Å². The van der Waals surface area contributed by atoms with E-state index in [0.717, 1.165) is 10.2 Å². The van der Waals surface area contributed by atoms with Crippen molar-refractivity contribution in [2.45, 2.75) is 5.37 Å². The number of rotatable bonds is 6. The number of carbonyl (C=O) groups is 1. The number of thiazole rings is 1. The number of aromatic nitrogens is 1. The predicted molar refractivity (Wildman–Crippen MR) is 158 cm³/mol. The standard InChI is InChI=1S/C28H19ClN6O3S2/c29-16-5-7-17(8-6-16)31-33-21-11-10-19(36)14-23(21)35-26(38)15-39-27(35)20-13-18(9-12-24(20)37)32-34-28-30-22-3-1-2-4-25(22)40-28/h1-14,27,36-37H,15H2. The minimum absolute atomic E-state index is 0.000584. The second kappa shape index (κ2) is 11.0. The lowest BCUT2D eigenvalue weighted by atomic mass is 10.1. The van der Waals surface area contributed by atoms with Crippen LogP contribution in [0.15, 0.2) is 105 Å². The summed E-state index contributed by atoms with van der Waals surface area (Å²) in [5.41, 5.74) is 3.12. The highest BCUT2D eigenvalue weighted by atomic mass is 35.5. The third-order valence-corrected chi connectivity index (χ3v) is 8.36. The maximum absolute atomic E-state index is 13.1. The minimum Gasteiger partial charge on any atom is -0.508 e. The Balaban J connectivity index is 1.33. The maximum Gasteiger partial charge on any atom is 0.238 e. The molecular weight excluding hydrogens is 568 g/mol. The van der Waals surface area contributed by atoms with Crippen LogP contribution in [0.25, 0.3) is 10.2 Å². The van der Waals surface area contributed by atoms with Gasteiger partial charge in [-0.3, -0.25) is 9.69 Å². The second-order valence-electron chi connectivity index (χ2n) is 8.68. The van der Waals surface area contributed by atoms with E-state index in [9.17, 15) is 15.0 Å². The van der Waals surface area contributed by atoms with E-state index in [0.29, 0.717) is 38.5 Å². The number of carbonyl (C=O) groups excluding carboxylic acids is 1. The topological polar surface area (TPSA) is 123 Å². The van der Waals surface area contributed by atoms with Crippen LogP contribution in [-0.4, -0.2) is 26.9 Å². The van der Waals surface area contributed by atoms with Gasteiger partial charge in [0.2, 0.25) is 11.0 Å². The minimum atomic E-state index is -0.601. The van der Waals surface area contributed by atoms with Crippen molar-refractivity contribution in [1.29, 1.82) is 0 Å². The van der Waals surface area contributed by atoms with Crippen LogP contribution < -0.4 is 4.90 Å². The van der Waals surface area contributed by atoms with Gasteiger partial charge >= 0.3 is 0 Å². The van der Waals surface area contributed by atoms with Crippen molar-refractivity contribution >= 4 is 78.7 Å². The van der Waals surface area contributed by atoms with E-state index in [1.54, 1.807) is 42.5 Å². The second-order valence-corrected chi connectivity index (χ2v) is 11.2. The number of azo groups is 2. The van der Waals surface area contributed by atoms with Crippen LogP contribution in [0.4, 0.5) is 27.9 Å². The molecule has 0 saturated carbocycles. The fourth-order valence-electron chi connectivity index (χ4n) is 4.13. The van der Waals surface area contributed by atoms with Gasteiger partial charge in [-0.1, -0.05) is 35.1 Å². The highest BCUT2D eigenvalue weighted by molar-refractivity contribution is 8.00. The van der Waals surface area contributed by atoms with Gasteiger partial charge in [-0.05, 0) is 66.7 Å². The molecule has 9 nitrogen and oxygen atoms in total. The molecule has 2 N–H and O–H groups in total. The number of fused-ring (bicyclic) bond motifs is 1. The Morgan fingerprint density at radius 3 is 2.48 bits per heavy atom. The lowest BCUT2D eigenvalue weighted by molar-refractivity contribution is -0.115. The third-order valence-electron chi connectivity index (χ3n) is 6.00. The normalized spacial score (nSPS) is 15.7. The first kappa shape index (κ1) is 25.9. The summed E-state index contributed by atoms with van der Waals surface area (Å²) in [6.45, 7) is 0. The molecule has 6 rings (SSSR count). The van der Waals surface area contributed by atoms with Gasteiger partial charge in [0.15, 0.2) is 0 Å². The van der Waals surface area contributed by atoms with Crippen LogP contribution in [0, 0.1) is 0 Å². The highest BCUT2D eigenvalue weighted by Gasteiger charge is 2.37. The van der Waals surface area contributed by atoms with Gasteiger partial charge in [0.1, 0.15) is 22.6 Å². The van der Waals surface area contributed by atoms with Crippen molar-refractivity contribution < 1.29 is 15.0 Å². The largest absolute Gasteiger partial charge is 0.508 e. The van der Waals surface area contributed by atoms with E-state index >= 15 is 0 Å². The Morgan fingerprint density at radius 2 is 1.65 bits per heavy atom. The van der Waals surface area contributed by atoms with Crippen LogP contribution in [0.3, 0.4) is 0 Å². The van der Waals surface area contributed by atoms with Crippen molar-refractivity contribution in [1.82, 2.24) is 4.98 Å². The molecule has 1 aromatic heterocycles. The number of nitrogens with zero attached hydrogens (tertiary/aromatic N) is 6. The summed E-state index contributed by atoms with van der Waals surface area (Å²) in [5, 5.41) is 38.8. The zero-order chi connectivity index (χ0) is 27.6. The molecule has 12 heteroatoms. The molecule has 4 aromatic carbocycles. The molecule has 1 aliphatic heterocycles. The van der Waals surface area contributed by atoms with Gasteiger partial charge in [0.05, 0.1) is 33.0 Å². The quantitative estimate of drug-likeness (QED) is 0.192. The molecule has 5 aromatic rings. The van der Waals surface area contributed by atoms with Gasteiger partial charge in [0, 0.05) is 16.7 Å². The summed E-state index contributed by atoms with van der Waals surface area (Å²) in [5.74, 6) is -0.0677. The van der Waals surface area contributed by atoms with Crippen LogP contribution in [0.5, 0.6) is 11.5 Å². The first-order chi connectivity index (χ1) is 19.4. The number of phenolic OH excluding ortho intramolecular Hbond substituents is 2. The average molecular weight is 587 g/mol. The molecule has 198 valence electrons. The van der Waals surface area contributed by atoms with Crippen LogP contribution in [0.2, 0.25) is 5.02 Å². The van der Waals surface area contributed by atoms with Crippen molar-refractivity contribution in [3.8, 4) is 11.5 Å². The van der Waals surface area contributed by atoms with Crippen LogP contribution in [-0.2, 0) is 4.79 Å². The Morgan fingerprint density at radius 1 is 0.875 bits per heavy atom. The van der Waals surface area contributed by atoms with Gasteiger partial charge < -0.3 is 10.2 Å². The Bertz CT molecular complexity index is 1760. The lowest BCUT2D eigenvalue weighted by Crippen LogP contribution is -2.27. The van der Waals surface area contributed by atoms with E-state index < -0.39 is 5.37 Å². The Kier molecular flexibility index (Phi) is 7.16. The Labute approximate surface area is 241 Å². The van der Waals surface area contributed by atoms with Gasteiger partial charge in [-0.2, -0.15) is 5.11 Å². The fourth-order valence-corrected chi connectivity index (χ4v) is 6.23. The zero-order valence-electron chi connectivity index (χ0n) is 20.5. The van der Waals surface area contributed by atoms with Crippen molar-refractivity contribution in [2.75, 3.05) is 10.7 Å². The SMILES string of the molecule is O=C1CSC(c2cc(N=Nc3nc4ccccc4s3)ccc2O)N1c1cc(O)ccc1N=Nc1ccc(Cl)cc1. The molecule has 1 unspecified atom stereocenters. The summed E-state index contributed by atoms with van der Waals surface area (Å²) in [4.78, 5) is 19.1. The molecule has 2 heterocycles. The van der Waals surface area contributed by atoms with Gasteiger partial charge in [-0.25, -0.2) is 4.98 Å². The smallest absolute Gasteiger partial charge is 0.238 e.